The summed E-state index contributed by atoms with van der Waals surface area (Å²) in [7, 11) is -4.87. The van der Waals surface area contributed by atoms with Crippen molar-refractivity contribution in [3.63, 3.8) is 0 Å². The molecule has 2 heterocycles. The number of hydrogen-bond acceptors (Lipinski definition) is 6. The highest BCUT2D eigenvalue weighted by atomic mass is 32.2. The summed E-state index contributed by atoms with van der Waals surface area (Å²) in [5.74, 6) is -1.44. The molecule has 0 aliphatic carbocycles. The molecule has 2 saturated heterocycles. The fraction of sp³-hybridized carbons (Fsp3) is 0.632. The smallest absolute Gasteiger partial charge is 0.429 e. The van der Waals surface area contributed by atoms with Gasteiger partial charge in [-0.25, -0.2) is 26.4 Å². The summed E-state index contributed by atoms with van der Waals surface area (Å²) in [6, 6.07) is 0.836. The van der Waals surface area contributed by atoms with Crippen molar-refractivity contribution < 1.29 is 54.5 Å². The van der Waals surface area contributed by atoms with Crippen molar-refractivity contribution in [1.82, 2.24) is 10.2 Å². The Morgan fingerprint density at radius 2 is 1.88 bits per heavy atom. The second-order valence-electron chi connectivity index (χ2n) is 8.18. The van der Waals surface area contributed by atoms with Crippen molar-refractivity contribution >= 4 is 15.9 Å². The van der Waals surface area contributed by atoms with Crippen LogP contribution in [0.15, 0.2) is 23.1 Å². The van der Waals surface area contributed by atoms with Gasteiger partial charge in [-0.1, -0.05) is 0 Å². The van der Waals surface area contributed by atoms with Crippen molar-refractivity contribution in [3.05, 3.63) is 29.6 Å². The van der Waals surface area contributed by atoms with E-state index >= 15 is 4.39 Å². The molecular formula is C19H22F6N2O6S. The van der Waals surface area contributed by atoms with Crippen LogP contribution in [0.5, 0.6) is 0 Å². The number of halogens is 6. The molecule has 1 aromatic rings. The molecule has 8 nitrogen and oxygen atoms in total. The van der Waals surface area contributed by atoms with E-state index in [-0.39, 0.29) is 38.5 Å². The number of hydrogen-bond donors (Lipinski definition) is 3. The lowest BCUT2D eigenvalue weighted by atomic mass is 9.90. The summed E-state index contributed by atoms with van der Waals surface area (Å²) in [6.07, 6.45) is -10.3. The van der Waals surface area contributed by atoms with E-state index in [2.05, 4.69) is 5.32 Å². The van der Waals surface area contributed by atoms with Gasteiger partial charge in [-0.3, -0.25) is 5.32 Å². The summed E-state index contributed by atoms with van der Waals surface area (Å²) in [5, 5.41) is 18.8. The zero-order chi connectivity index (χ0) is 25.5. The second kappa shape index (κ2) is 9.17. The minimum atomic E-state index is -6.02. The van der Waals surface area contributed by atoms with E-state index in [1.54, 1.807) is 0 Å². The third-order valence-corrected chi connectivity index (χ3v) is 8.18. The van der Waals surface area contributed by atoms with Gasteiger partial charge >= 0.3 is 12.3 Å². The number of nitrogens with one attached hydrogen (secondary N) is 1. The lowest BCUT2D eigenvalue weighted by molar-refractivity contribution is -0.260. The Balaban J connectivity index is 1.92. The number of alkyl halides is 5. The summed E-state index contributed by atoms with van der Waals surface area (Å²) in [6.45, 7) is -2.40. The molecule has 1 amide bonds. The standard InChI is InChI=1S/C19H22F6N2O6S/c20-11-1-2-13(12(7-11)18(22,14(21)8-28)19(23,24)25)34(31,32)15-9-33-17(10-26-15)3-5-27(6-4-17)16(29)30/h1-2,7,14-15,26,28H,3-6,8-10H2,(H,29,30). The van der Waals surface area contributed by atoms with Crippen molar-refractivity contribution in [2.75, 3.05) is 32.8 Å². The van der Waals surface area contributed by atoms with Crippen LogP contribution in [0.25, 0.3) is 0 Å². The molecule has 2 aliphatic heterocycles. The molecular weight excluding hydrogens is 498 g/mol. The minimum absolute atomic E-state index is 0.0601. The molecule has 0 saturated carbocycles. The quantitative estimate of drug-likeness (QED) is 0.402. The maximum absolute atomic E-state index is 15.2. The molecule has 192 valence electrons. The van der Waals surface area contributed by atoms with E-state index in [0.717, 1.165) is 4.90 Å². The van der Waals surface area contributed by atoms with E-state index in [0.29, 0.717) is 12.1 Å². The molecule has 1 aromatic carbocycles. The van der Waals surface area contributed by atoms with Crippen LogP contribution in [0.1, 0.15) is 18.4 Å². The van der Waals surface area contributed by atoms with Crippen LogP contribution < -0.4 is 5.32 Å². The van der Waals surface area contributed by atoms with Crippen molar-refractivity contribution in [2.45, 2.75) is 46.7 Å². The van der Waals surface area contributed by atoms with Gasteiger partial charge in [0.2, 0.25) is 0 Å². The number of sulfone groups is 1. The summed E-state index contributed by atoms with van der Waals surface area (Å²) >= 11 is 0. The number of piperidine rings is 1. The molecule has 0 radical (unpaired) electrons. The SMILES string of the molecule is O=C(O)N1CCC2(CC1)CNC(S(=O)(=O)c1ccc(F)cc1C(F)(C(F)CO)C(F)(F)F)CO2. The largest absolute Gasteiger partial charge is 0.465 e. The van der Waals surface area contributed by atoms with E-state index in [4.69, 9.17) is 14.9 Å². The number of ether oxygens (including phenoxy) is 1. The summed E-state index contributed by atoms with van der Waals surface area (Å²) in [5.41, 5.74) is -7.74. The average Bonchev–Trinajstić information content (AvgIpc) is 2.77. The van der Waals surface area contributed by atoms with Gasteiger partial charge in [0, 0.05) is 25.2 Å². The first-order valence-electron chi connectivity index (χ1n) is 10.1. The molecule has 2 aliphatic rings. The highest BCUT2D eigenvalue weighted by molar-refractivity contribution is 7.92. The van der Waals surface area contributed by atoms with Gasteiger partial charge in [-0.2, -0.15) is 13.2 Å². The fourth-order valence-electron chi connectivity index (χ4n) is 4.10. The second-order valence-corrected chi connectivity index (χ2v) is 10.3. The Kier molecular flexibility index (Phi) is 7.14. The number of aliphatic hydroxyl groups excluding tert-OH is 1. The van der Waals surface area contributed by atoms with Gasteiger partial charge in [0.05, 0.1) is 23.7 Å². The molecule has 15 heteroatoms. The zero-order valence-corrected chi connectivity index (χ0v) is 18.3. The van der Waals surface area contributed by atoms with Crippen LogP contribution in [0.3, 0.4) is 0 Å². The minimum Gasteiger partial charge on any atom is -0.465 e. The third kappa shape index (κ3) is 4.57. The Hall–Kier alpha value is -2.10. The number of aliphatic hydroxyl groups is 1. The average molecular weight is 520 g/mol. The van der Waals surface area contributed by atoms with E-state index in [9.17, 15) is 35.2 Å². The van der Waals surface area contributed by atoms with Crippen LogP contribution in [0.2, 0.25) is 0 Å². The van der Waals surface area contributed by atoms with Crippen LogP contribution in [-0.2, 0) is 20.2 Å². The van der Waals surface area contributed by atoms with Crippen LogP contribution >= 0.6 is 0 Å². The first kappa shape index (κ1) is 26.5. The van der Waals surface area contributed by atoms with E-state index in [1.807, 2.05) is 0 Å². The first-order valence-corrected chi connectivity index (χ1v) is 11.6. The number of amides is 1. The van der Waals surface area contributed by atoms with Crippen molar-refractivity contribution in [2.24, 2.45) is 0 Å². The predicted octanol–water partition coefficient (Wildman–Crippen LogP) is 2.12. The van der Waals surface area contributed by atoms with Crippen LogP contribution in [0, 0.1) is 5.82 Å². The van der Waals surface area contributed by atoms with Crippen molar-refractivity contribution in [1.29, 1.82) is 0 Å². The summed E-state index contributed by atoms with van der Waals surface area (Å²) in [4.78, 5) is 10.9. The Bertz CT molecular complexity index is 1020. The van der Waals surface area contributed by atoms with E-state index in [1.165, 1.54) is 0 Å². The number of morpholine rings is 1. The Morgan fingerprint density at radius 1 is 1.26 bits per heavy atom. The highest BCUT2D eigenvalue weighted by Crippen LogP contribution is 2.49. The molecule has 0 bridgehead atoms. The van der Waals surface area contributed by atoms with Gasteiger partial charge in [0.15, 0.2) is 16.0 Å². The first-order chi connectivity index (χ1) is 15.7. The number of rotatable bonds is 5. The van der Waals surface area contributed by atoms with Gasteiger partial charge in [0.1, 0.15) is 11.2 Å². The number of carbonyl (C=O) groups is 1. The maximum Gasteiger partial charge on any atom is 0.429 e. The van der Waals surface area contributed by atoms with Crippen LogP contribution in [0.4, 0.5) is 31.1 Å². The monoisotopic (exact) mass is 520 g/mol. The lowest BCUT2D eigenvalue weighted by Crippen LogP contribution is -2.60. The van der Waals surface area contributed by atoms with Gasteiger partial charge in [-0.05, 0) is 31.0 Å². The lowest BCUT2D eigenvalue weighted by Gasteiger charge is -2.45. The van der Waals surface area contributed by atoms with Gasteiger partial charge in [-0.15, -0.1) is 0 Å². The Morgan fingerprint density at radius 3 is 2.35 bits per heavy atom. The molecule has 2 fully saturated rings. The van der Waals surface area contributed by atoms with E-state index < -0.39 is 74.4 Å². The molecule has 3 atom stereocenters. The summed E-state index contributed by atoms with van der Waals surface area (Å²) < 4.78 is 116. The zero-order valence-electron chi connectivity index (χ0n) is 17.5. The Labute approximate surface area is 190 Å². The van der Waals surface area contributed by atoms with Crippen LogP contribution in [-0.4, -0.2) is 85.8 Å². The number of carboxylic acid groups (broad SMARTS) is 1. The highest BCUT2D eigenvalue weighted by Gasteiger charge is 2.64. The molecule has 3 unspecified atom stereocenters. The topological polar surface area (TPSA) is 116 Å². The van der Waals surface area contributed by atoms with Gasteiger partial charge < -0.3 is 19.8 Å². The molecule has 1 spiro atoms. The third-order valence-electron chi connectivity index (χ3n) is 6.16. The predicted molar refractivity (Wildman–Crippen MR) is 104 cm³/mol. The maximum atomic E-state index is 15.2. The number of nitrogens with zero attached hydrogens (tertiary/aromatic N) is 1. The normalized spacial score (nSPS) is 24.0. The van der Waals surface area contributed by atoms with Crippen molar-refractivity contribution in [3.8, 4) is 0 Å². The number of likely N-dealkylation sites (tertiary alicyclic amines) is 1. The molecule has 3 N–H and O–H groups in total. The van der Waals surface area contributed by atoms with Gasteiger partial charge in [0.25, 0.3) is 5.67 Å². The molecule has 3 rings (SSSR count). The molecule has 0 aromatic heterocycles. The molecule has 34 heavy (non-hydrogen) atoms. The fourth-order valence-corrected chi connectivity index (χ4v) is 5.73. The number of benzene rings is 1.